The van der Waals surface area contributed by atoms with Crippen LogP contribution in [0.3, 0.4) is 0 Å². The molecule has 264 valence electrons. The number of ether oxygens (including phenoxy) is 1. The molecular weight excluding hydrogens is 651 g/mol. The SMILES string of the molecule is CC(C)(C)c1ccnc(-n2c3ccccc3c3ccc(Oc4ccnc(-n5[c-][n+](-c6cccc7c6C(C)(C)CCC7(C)C)c6ccccc65)c4)cc32)c1. The maximum absolute atomic E-state index is 6.63. The van der Waals surface area contributed by atoms with Crippen molar-refractivity contribution in [3.8, 4) is 28.8 Å². The number of para-hydroxylation sites is 3. The number of hydrogen-bond acceptors (Lipinski definition) is 3. The van der Waals surface area contributed by atoms with Crippen LogP contribution < -0.4 is 9.30 Å². The van der Waals surface area contributed by atoms with Crippen molar-refractivity contribution >= 4 is 32.8 Å². The summed E-state index contributed by atoms with van der Waals surface area (Å²) in [6.07, 6.45) is 9.74. The Bertz CT molecular complexity index is 2700. The lowest BCUT2D eigenvalue weighted by atomic mass is 9.62. The van der Waals surface area contributed by atoms with E-state index in [1.165, 1.54) is 34.2 Å². The molecule has 1 aliphatic carbocycles. The van der Waals surface area contributed by atoms with Crippen molar-refractivity contribution in [3.05, 3.63) is 145 Å². The number of benzene rings is 4. The summed E-state index contributed by atoms with van der Waals surface area (Å²) in [5, 5.41) is 2.33. The minimum absolute atomic E-state index is 0.000480. The first-order valence-corrected chi connectivity index (χ1v) is 18.6. The first-order valence-electron chi connectivity index (χ1n) is 18.6. The fraction of sp³-hybridized carbons (Fsp3) is 0.255. The molecule has 4 aromatic carbocycles. The van der Waals surface area contributed by atoms with Gasteiger partial charge in [-0.05, 0) is 88.2 Å². The Morgan fingerprint density at radius 1 is 0.660 bits per heavy atom. The van der Waals surface area contributed by atoms with Gasteiger partial charge in [-0.3, -0.25) is 18.7 Å². The Morgan fingerprint density at radius 2 is 1.36 bits per heavy atom. The molecule has 6 nitrogen and oxygen atoms in total. The first kappa shape index (κ1) is 33.1. The number of hydrogen-bond donors (Lipinski definition) is 0. The topological polar surface area (TPSA) is 48.8 Å². The number of rotatable bonds is 5. The van der Waals surface area contributed by atoms with Gasteiger partial charge in [0.2, 0.25) is 0 Å². The molecule has 1 aliphatic rings. The van der Waals surface area contributed by atoms with Crippen molar-refractivity contribution in [1.82, 2.24) is 19.1 Å². The van der Waals surface area contributed by atoms with E-state index in [-0.39, 0.29) is 16.2 Å². The lowest BCUT2D eigenvalue weighted by Gasteiger charge is -2.43. The molecule has 0 bridgehead atoms. The molecule has 0 saturated heterocycles. The third-order valence-electron chi connectivity index (χ3n) is 11.3. The van der Waals surface area contributed by atoms with E-state index in [0.29, 0.717) is 5.75 Å². The highest BCUT2D eigenvalue weighted by Crippen LogP contribution is 2.47. The second-order valence-electron chi connectivity index (χ2n) is 16.9. The Labute approximate surface area is 311 Å². The van der Waals surface area contributed by atoms with Gasteiger partial charge < -0.3 is 4.74 Å². The van der Waals surface area contributed by atoms with E-state index in [0.717, 1.165) is 51.3 Å². The summed E-state index contributed by atoms with van der Waals surface area (Å²) in [5.74, 6) is 3.06. The highest BCUT2D eigenvalue weighted by atomic mass is 16.5. The van der Waals surface area contributed by atoms with E-state index in [1.807, 2.05) is 30.6 Å². The summed E-state index contributed by atoms with van der Waals surface area (Å²) >= 11 is 0. The van der Waals surface area contributed by atoms with Crippen LogP contribution in [0.5, 0.6) is 11.5 Å². The molecule has 53 heavy (non-hydrogen) atoms. The molecule has 0 fully saturated rings. The van der Waals surface area contributed by atoms with Crippen LogP contribution in [0.4, 0.5) is 0 Å². The molecule has 0 radical (unpaired) electrons. The molecule has 4 heterocycles. The van der Waals surface area contributed by atoms with Crippen molar-refractivity contribution in [2.24, 2.45) is 0 Å². The van der Waals surface area contributed by atoms with Crippen molar-refractivity contribution in [2.45, 2.75) is 77.6 Å². The number of nitrogens with zero attached hydrogens (tertiary/aromatic N) is 5. The second kappa shape index (κ2) is 11.9. The van der Waals surface area contributed by atoms with Gasteiger partial charge >= 0.3 is 0 Å². The van der Waals surface area contributed by atoms with E-state index < -0.39 is 0 Å². The predicted octanol–water partition coefficient (Wildman–Crippen LogP) is 11.0. The minimum Gasteiger partial charge on any atom is -0.458 e. The standard InChI is InChI=1S/C47H45N5O/c1-45(2,3)31-21-25-49-43(27-31)52-37-15-9-8-13-34(37)35-20-19-32(28-41(35)52)53-33-22-26-48-42(29-33)51-30-50(38-16-10-11-17-39(38)51)40-18-12-14-36-44(40)47(6,7)24-23-46(36,4)5/h8-22,25-29H,23-24H2,1-7H3. The van der Waals surface area contributed by atoms with Crippen LogP contribution in [-0.2, 0) is 16.2 Å². The molecule has 4 aromatic heterocycles. The van der Waals surface area contributed by atoms with Crippen LogP contribution in [-0.4, -0.2) is 19.1 Å². The van der Waals surface area contributed by atoms with Crippen LogP contribution in [0.25, 0.3) is 50.2 Å². The zero-order valence-corrected chi connectivity index (χ0v) is 31.6. The summed E-state index contributed by atoms with van der Waals surface area (Å²) in [7, 11) is 0. The molecule has 0 saturated carbocycles. The monoisotopic (exact) mass is 695 g/mol. The molecule has 6 heteroatoms. The van der Waals surface area contributed by atoms with E-state index in [2.05, 4.69) is 159 Å². The number of aromatic nitrogens is 5. The molecular formula is C47H45N5O. The van der Waals surface area contributed by atoms with Crippen LogP contribution in [0.1, 0.15) is 78.0 Å². The third kappa shape index (κ3) is 5.51. The van der Waals surface area contributed by atoms with Crippen LogP contribution in [0.2, 0.25) is 0 Å². The van der Waals surface area contributed by atoms with Crippen molar-refractivity contribution < 1.29 is 9.30 Å². The second-order valence-corrected chi connectivity index (χ2v) is 16.9. The molecule has 0 unspecified atom stereocenters. The minimum atomic E-state index is -0.000480. The lowest BCUT2D eigenvalue weighted by molar-refractivity contribution is -0.573. The Hall–Kier alpha value is -5.75. The van der Waals surface area contributed by atoms with E-state index >= 15 is 0 Å². The van der Waals surface area contributed by atoms with Gasteiger partial charge in [0.15, 0.2) is 5.82 Å². The molecule has 0 N–H and O–H groups in total. The van der Waals surface area contributed by atoms with Gasteiger partial charge in [-0.25, -0.2) is 4.98 Å². The average molecular weight is 696 g/mol. The summed E-state index contributed by atoms with van der Waals surface area (Å²) in [4.78, 5) is 9.68. The van der Waals surface area contributed by atoms with Gasteiger partial charge in [-0.15, -0.1) is 0 Å². The molecule has 8 aromatic rings. The molecule has 0 atom stereocenters. The normalized spacial score (nSPS) is 15.2. The molecule has 0 aliphatic heterocycles. The van der Waals surface area contributed by atoms with Crippen molar-refractivity contribution in [3.63, 3.8) is 0 Å². The van der Waals surface area contributed by atoms with Crippen LogP contribution in [0.15, 0.2) is 122 Å². The quantitative estimate of drug-likeness (QED) is 0.133. The summed E-state index contributed by atoms with van der Waals surface area (Å²) < 4.78 is 13.2. The van der Waals surface area contributed by atoms with Crippen LogP contribution >= 0.6 is 0 Å². The number of imidazole rings is 1. The fourth-order valence-corrected chi connectivity index (χ4v) is 8.28. The average Bonchev–Trinajstić information content (AvgIpc) is 3.69. The van der Waals surface area contributed by atoms with E-state index in [4.69, 9.17) is 14.7 Å². The summed E-state index contributed by atoms with van der Waals surface area (Å²) in [6.45, 7) is 16.2. The molecule has 9 rings (SSSR count). The third-order valence-corrected chi connectivity index (χ3v) is 11.3. The Kier molecular flexibility index (Phi) is 7.43. The fourth-order valence-electron chi connectivity index (χ4n) is 8.28. The van der Waals surface area contributed by atoms with Gasteiger partial charge in [-0.2, -0.15) is 0 Å². The first-order chi connectivity index (χ1) is 25.4. The highest BCUT2D eigenvalue weighted by Gasteiger charge is 2.39. The summed E-state index contributed by atoms with van der Waals surface area (Å²) in [5.41, 5.74) is 9.64. The highest BCUT2D eigenvalue weighted by molar-refractivity contribution is 6.09. The molecule has 0 spiro atoms. The van der Waals surface area contributed by atoms with Crippen molar-refractivity contribution in [1.29, 1.82) is 0 Å². The van der Waals surface area contributed by atoms with Gasteiger partial charge in [0.25, 0.3) is 6.33 Å². The summed E-state index contributed by atoms with van der Waals surface area (Å²) in [6, 6.07) is 38.3. The predicted molar refractivity (Wildman–Crippen MR) is 214 cm³/mol. The van der Waals surface area contributed by atoms with Gasteiger partial charge in [0.1, 0.15) is 17.3 Å². The number of pyridine rings is 2. The molecule has 0 amide bonds. The smallest absolute Gasteiger partial charge is 0.271 e. The Balaban J connectivity index is 1.13. The zero-order chi connectivity index (χ0) is 36.7. The van der Waals surface area contributed by atoms with Gasteiger partial charge in [0, 0.05) is 35.3 Å². The van der Waals surface area contributed by atoms with Gasteiger partial charge in [-0.1, -0.05) is 103 Å². The maximum atomic E-state index is 6.63. The van der Waals surface area contributed by atoms with Gasteiger partial charge in [0.05, 0.1) is 27.8 Å². The largest absolute Gasteiger partial charge is 0.458 e. The Morgan fingerprint density at radius 3 is 2.19 bits per heavy atom. The van der Waals surface area contributed by atoms with Crippen molar-refractivity contribution in [2.75, 3.05) is 0 Å². The van der Waals surface area contributed by atoms with E-state index in [9.17, 15) is 0 Å². The van der Waals surface area contributed by atoms with E-state index in [1.54, 1.807) is 0 Å². The number of fused-ring (bicyclic) bond motifs is 5. The maximum Gasteiger partial charge on any atom is 0.271 e. The lowest BCUT2D eigenvalue weighted by Crippen LogP contribution is -2.40. The zero-order valence-electron chi connectivity index (χ0n) is 31.6. The van der Waals surface area contributed by atoms with Crippen LogP contribution in [0, 0.1) is 6.33 Å².